The molecule has 0 bridgehead atoms. The Balaban J connectivity index is 1.27. The number of likely N-dealkylation sites (N-methyl/N-ethyl adjacent to an activating group) is 5. The Hall–Kier alpha value is -7.31. The molecule has 96 heavy (non-hydrogen) atoms. The van der Waals surface area contributed by atoms with Gasteiger partial charge in [-0.1, -0.05) is 127 Å². The van der Waals surface area contributed by atoms with Gasteiger partial charge in [0.25, 0.3) is 0 Å². The quantitative estimate of drug-likeness (QED) is 0.206. The molecule has 5 fully saturated rings. The molecule has 0 radical (unpaired) electrons. The van der Waals surface area contributed by atoms with Gasteiger partial charge in [-0.3, -0.25) is 52.7 Å². The minimum Gasteiger partial charge on any atom is -0.351 e. The average molecular weight is 1370 g/mol. The van der Waals surface area contributed by atoms with Gasteiger partial charge in [-0.25, -0.2) is 0 Å². The van der Waals surface area contributed by atoms with Gasteiger partial charge < -0.3 is 55.6 Å². The van der Waals surface area contributed by atoms with Crippen molar-refractivity contribution in [3.8, 4) is 0 Å². The van der Waals surface area contributed by atoms with E-state index in [0.29, 0.717) is 36.8 Å². The Bertz CT molecular complexity index is 3160. The normalized spacial score (nSPS) is 28.1. The zero-order valence-electron chi connectivity index (χ0n) is 57.9. The average Bonchev–Trinajstić information content (AvgIpc) is 1.30. The molecule has 1 spiro atoms. The molecular formula is C70H101ClF3N11O11. The SMILES string of the molecule is CC[C@H](C)[C@@H]1NC(=O)[C@H](C)N(C)C(=O)C[C@@H](C)NC(=O)[C@H](C(C)C)N(C)C(=O)C2(CCCC2)NC(=O)[C@@H]2CCCN2C(=O)[C@H](CCc2ccc(C(F)(F)F)c(Cl)c2)NC(=O)[C@@H](C)N(C)C(=O)[C@H](CC2CCCCC2)N(C)C(=O)[C@@H]2CCN2C(=O)[C@H](Cc2ccccc2)N(C)C1=O. The summed E-state index contributed by atoms with van der Waals surface area (Å²) in [7, 11) is 7.30. The van der Waals surface area contributed by atoms with Crippen LogP contribution in [0.1, 0.15) is 168 Å². The predicted octanol–water partition coefficient (Wildman–Crippen LogP) is 6.28. The van der Waals surface area contributed by atoms with Gasteiger partial charge in [-0.15, -0.1) is 0 Å². The van der Waals surface area contributed by atoms with Crippen LogP contribution in [0.4, 0.5) is 13.2 Å². The molecule has 11 amide bonds. The summed E-state index contributed by atoms with van der Waals surface area (Å²) < 4.78 is 41.6. The van der Waals surface area contributed by atoms with Gasteiger partial charge in [0, 0.05) is 67.2 Å². The zero-order chi connectivity index (χ0) is 70.8. The van der Waals surface area contributed by atoms with Gasteiger partial charge in [0.05, 0.1) is 10.6 Å². The number of hydrogen-bond acceptors (Lipinski definition) is 11. The third-order valence-electron chi connectivity index (χ3n) is 21.0. The molecule has 11 atom stereocenters. The fourth-order valence-corrected chi connectivity index (χ4v) is 14.7. The maximum absolute atomic E-state index is 15.3. The second kappa shape index (κ2) is 32.8. The fraction of sp³-hybridized carbons (Fsp3) is 0.671. The molecule has 3 aliphatic heterocycles. The van der Waals surface area contributed by atoms with Crippen molar-refractivity contribution < 1.29 is 65.9 Å². The molecule has 22 nitrogen and oxygen atoms in total. The van der Waals surface area contributed by atoms with E-state index >= 15 is 28.8 Å². The summed E-state index contributed by atoms with van der Waals surface area (Å²) in [4.78, 5) is 172. The van der Waals surface area contributed by atoms with Crippen LogP contribution in [0.25, 0.3) is 0 Å². The summed E-state index contributed by atoms with van der Waals surface area (Å²) in [6.45, 7) is 11.9. The van der Waals surface area contributed by atoms with Crippen LogP contribution in [0.15, 0.2) is 48.5 Å². The summed E-state index contributed by atoms with van der Waals surface area (Å²) in [5.41, 5.74) is -1.55. The van der Waals surface area contributed by atoms with Crippen LogP contribution in [0.5, 0.6) is 0 Å². The number of amides is 11. The van der Waals surface area contributed by atoms with Crippen LogP contribution in [-0.2, 0) is 71.8 Å². The number of rotatable bonds is 10. The summed E-state index contributed by atoms with van der Waals surface area (Å²) in [6, 6.07) is 0.721. The molecule has 2 aromatic carbocycles. The second-order valence-corrected chi connectivity index (χ2v) is 28.4. The molecule has 3 saturated heterocycles. The molecule has 4 N–H and O–H groups in total. The van der Waals surface area contributed by atoms with Crippen LogP contribution in [0.3, 0.4) is 0 Å². The van der Waals surface area contributed by atoms with E-state index in [4.69, 9.17) is 11.6 Å². The highest BCUT2D eigenvalue weighted by atomic mass is 35.5. The van der Waals surface area contributed by atoms with Crippen molar-refractivity contribution >= 4 is 76.6 Å². The minimum absolute atomic E-state index is 0.0132. The van der Waals surface area contributed by atoms with Crippen molar-refractivity contribution in [3.63, 3.8) is 0 Å². The van der Waals surface area contributed by atoms with Crippen molar-refractivity contribution in [1.29, 1.82) is 0 Å². The van der Waals surface area contributed by atoms with Crippen molar-refractivity contribution in [2.75, 3.05) is 48.3 Å². The molecule has 2 saturated carbocycles. The highest BCUT2D eigenvalue weighted by Gasteiger charge is 2.51. The van der Waals surface area contributed by atoms with Crippen molar-refractivity contribution in [2.24, 2.45) is 17.8 Å². The van der Waals surface area contributed by atoms with E-state index in [-0.39, 0.29) is 76.8 Å². The Morgan fingerprint density at radius 1 is 0.594 bits per heavy atom. The summed E-state index contributed by atoms with van der Waals surface area (Å²) >= 11 is 6.16. The van der Waals surface area contributed by atoms with E-state index in [0.717, 1.165) is 44.2 Å². The van der Waals surface area contributed by atoms with Crippen LogP contribution < -0.4 is 21.3 Å². The van der Waals surface area contributed by atoms with Gasteiger partial charge in [-0.2, -0.15) is 13.2 Å². The first-order chi connectivity index (χ1) is 45.2. The summed E-state index contributed by atoms with van der Waals surface area (Å²) in [5.74, 6) is -7.68. The largest absolute Gasteiger partial charge is 0.417 e. The number of hydrogen-bond donors (Lipinski definition) is 4. The van der Waals surface area contributed by atoms with E-state index < -0.39 is 160 Å². The minimum atomic E-state index is -4.75. The first kappa shape index (κ1) is 76.1. The Morgan fingerprint density at radius 2 is 1.21 bits per heavy atom. The number of nitrogens with zero attached hydrogens (tertiary/aromatic N) is 7. The summed E-state index contributed by atoms with van der Waals surface area (Å²) in [6.07, 6.45) is 1.98. The Kier molecular flexibility index (Phi) is 26.0. The molecule has 2 aromatic rings. The number of alkyl halides is 3. The van der Waals surface area contributed by atoms with Crippen LogP contribution >= 0.6 is 11.6 Å². The lowest BCUT2D eigenvalue weighted by Crippen LogP contribution is -2.66. The molecule has 2 aliphatic carbocycles. The first-order valence-electron chi connectivity index (χ1n) is 34.3. The van der Waals surface area contributed by atoms with E-state index in [9.17, 15) is 37.1 Å². The monoisotopic (exact) mass is 1360 g/mol. The van der Waals surface area contributed by atoms with E-state index in [1.165, 1.54) is 89.5 Å². The molecule has 5 aliphatic rings. The predicted molar refractivity (Wildman–Crippen MR) is 355 cm³/mol. The smallest absolute Gasteiger partial charge is 0.351 e. The maximum Gasteiger partial charge on any atom is 0.417 e. The van der Waals surface area contributed by atoms with E-state index in [2.05, 4.69) is 21.3 Å². The molecule has 0 unspecified atom stereocenters. The van der Waals surface area contributed by atoms with Crippen molar-refractivity contribution in [1.82, 2.24) is 55.6 Å². The third kappa shape index (κ3) is 17.7. The van der Waals surface area contributed by atoms with E-state index in [1.54, 1.807) is 39.8 Å². The lowest BCUT2D eigenvalue weighted by atomic mass is 9.84. The van der Waals surface area contributed by atoms with Gasteiger partial charge >= 0.3 is 6.18 Å². The highest BCUT2D eigenvalue weighted by Crippen LogP contribution is 2.37. The zero-order valence-corrected chi connectivity index (χ0v) is 58.7. The highest BCUT2D eigenvalue weighted by molar-refractivity contribution is 6.31. The van der Waals surface area contributed by atoms with Crippen LogP contribution in [0.2, 0.25) is 5.02 Å². The molecular weight excluding hydrogens is 1260 g/mol. The molecule has 530 valence electrons. The molecule has 0 aromatic heterocycles. The Labute approximate surface area is 568 Å². The number of halogens is 4. The number of aryl methyl sites for hydroxylation is 1. The number of fused-ring (bicyclic) bond motifs is 2. The van der Waals surface area contributed by atoms with Gasteiger partial charge in [0.15, 0.2) is 0 Å². The fourth-order valence-electron chi connectivity index (χ4n) is 14.4. The molecule has 7 rings (SSSR count). The lowest BCUT2D eigenvalue weighted by Gasteiger charge is -2.46. The number of carbonyl (C=O) groups is 11. The van der Waals surface area contributed by atoms with Crippen molar-refractivity contribution in [3.05, 3.63) is 70.2 Å². The number of nitrogens with one attached hydrogen (secondary N) is 4. The maximum atomic E-state index is 15.3. The topological polar surface area (TPSA) is 259 Å². The molecule has 26 heteroatoms. The van der Waals surface area contributed by atoms with E-state index in [1.807, 2.05) is 25.1 Å². The standard InChI is InChI=1S/C70H101ClF3N11O11/c1-13-42(4)57-67(95)82(11)55(40-47-25-18-15-19-26-47)66(94)85-36-32-53(85)64(92)81(10)54(39-46-23-16-14-17-24-46)65(93)80(9)45(7)59(87)76-51(31-29-48-28-30-49(50(71)38-48)70(72,73)74)63(91)84-35-22-27-52(84)61(89)78-69(33-20-21-34-69)68(96)83(12)58(41(2)3)62(90)75-43(5)37-56(86)79(8)44(6)60(88)77-57/h15,18-19,25-26,28,30,38,41-46,51-55,57-58H,13-14,16-17,20-24,27,29,31-37,39-40H2,1-12H3,(H,75,90)(H,76,87)(H,77,88)(H,78,89)/t42-,43+,44-,45+,51-,52-,53-,54-,55-,57-,58-/m0/s1. The Morgan fingerprint density at radius 3 is 1.80 bits per heavy atom. The second-order valence-electron chi connectivity index (χ2n) is 28.0. The third-order valence-corrected chi connectivity index (χ3v) is 21.3. The lowest BCUT2D eigenvalue weighted by molar-refractivity contribution is -0.161. The van der Waals surface area contributed by atoms with Gasteiger partial charge in [0.2, 0.25) is 65.0 Å². The van der Waals surface area contributed by atoms with Crippen molar-refractivity contribution in [2.45, 2.75) is 236 Å². The van der Waals surface area contributed by atoms with Gasteiger partial charge in [0.1, 0.15) is 59.9 Å². The number of carbonyl (C=O) groups excluding carboxylic acids is 11. The van der Waals surface area contributed by atoms with Crippen LogP contribution in [-0.4, -0.2) is 214 Å². The summed E-state index contributed by atoms with van der Waals surface area (Å²) in [5, 5.41) is 11.0. The molecule has 3 heterocycles. The van der Waals surface area contributed by atoms with Crippen LogP contribution in [0, 0.1) is 17.8 Å². The van der Waals surface area contributed by atoms with Gasteiger partial charge in [-0.05, 0) is 113 Å². The first-order valence-corrected chi connectivity index (χ1v) is 34.7. The number of benzene rings is 2.